The van der Waals surface area contributed by atoms with Crippen LogP contribution in [0.25, 0.3) is 11.7 Å². The first kappa shape index (κ1) is 20.4. The highest BCUT2D eigenvalue weighted by Crippen LogP contribution is 2.34. The van der Waals surface area contributed by atoms with E-state index in [1.165, 1.54) is 16.2 Å². The topological polar surface area (TPSA) is 79.8 Å². The van der Waals surface area contributed by atoms with Crippen LogP contribution in [0.3, 0.4) is 0 Å². The second kappa shape index (κ2) is 8.08. The Morgan fingerprint density at radius 3 is 2.77 bits per heavy atom. The third kappa shape index (κ3) is 3.78. The zero-order valence-electron chi connectivity index (χ0n) is 16.7. The highest BCUT2D eigenvalue weighted by molar-refractivity contribution is 8.26. The molecule has 7 nitrogen and oxygen atoms in total. The summed E-state index contributed by atoms with van der Waals surface area (Å²) in [5.74, 6) is 0.888. The van der Waals surface area contributed by atoms with Crippen LogP contribution >= 0.6 is 24.0 Å². The van der Waals surface area contributed by atoms with Crippen molar-refractivity contribution in [2.24, 2.45) is 0 Å². The SMILES string of the molecule is Cc1ccc2nc(NCc3ccco3)c(/C=C3\SC(=S)N(C(C)C)C3=O)c(=O)n2c1. The van der Waals surface area contributed by atoms with E-state index in [1.54, 1.807) is 35.6 Å². The zero-order chi connectivity index (χ0) is 21.4. The number of amides is 1. The lowest BCUT2D eigenvalue weighted by Crippen LogP contribution is -2.34. The molecule has 0 aliphatic carbocycles. The fourth-order valence-electron chi connectivity index (χ4n) is 3.16. The molecule has 0 atom stereocenters. The van der Waals surface area contributed by atoms with E-state index in [9.17, 15) is 9.59 Å². The van der Waals surface area contributed by atoms with E-state index in [-0.39, 0.29) is 17.5 Å². The minimum atomic E-state index is -0.263. The highest BCUT2D eigenvalue weighted by atomic mass is 32.2. The molecule has 3 aromatic heterocycles. The van der Waals surface area contributed by atoms with Crippen LogP contribution in [0.1, 0.15) is 30.7 Å². The fraction of sp³-hybridized carbons (Fsp3) is 0.238. The largest absolute Gasteiger partial charge is 0.467 e. The number of aromatic nitrogens is 2. The Labute approximate surface area is 182 Å². The molecule has 4 heterocycles. The van der Waals surface area contributed by atoms with Crippen LogP contribution in [-0.4, -0.2) is 30.6 Å². The summed E-state index contributed by atoms with van der Waals surface area (Å²) in [6.45, 7) is 6.07. The van der Waals surface area contributed by atoms with Gasteiger partial charge in [0, 0.05) is 12.2 Å². The number of pyridine rings is 1. The minimum absolute atomic E-state index is 0.0570. The third-order valence-corrected chi connectivity index (χ3v) is 5.96. The van der Waals surface area contributed by atoms with Crippen molar-refractivity contribution < 1.29 is 9.21 Å². The summed E-state index contributed by atoms with van der Waals surface area (Å²) in [7, 11) is 0. The molecule has 1 N–H and O–H groups in total. The van der Waals surface area contributed by atoms with Crippen LogP contribution in [-0.2, 0) is 11.3 Å². The monoisotopic (exact) mass is 440 g/mol. The Hall–Kier alpha value is -2.91. The number of anilines is 1. The molecule has 0 radical (unpaired) electrons. The molecule has 154 valence electrons. The van der Waals surface area contributed by atoms with E-state index >= 15 is 0 Å². The fourth-order valence-corrected chi connectivity index (χ4v) is 4.67. The van der Waals surface area contributed by atoms with E-state index in [0.29, 0.717) is 38.6 Å². The molecule has 9 heteroatoms. The molecule has 0 spiro atoms. The molecule has 1 aliphatic heterocycles. The van der Waals surface area contributed by atoms with Crippen molar-refractivity contribution in [2.45, 2.75) is 33.4 Å². The number of hydrogen-bond acceptors (Lipinski definition) is 7. The van der Waals surface area contributed by atoms with Crippen molar-refractivity contribution in [2.75, 3.05) is 5.32 Å². The number of carbonyl (C=O) groups is 1. The van der Waals surface area contributed by atoms with Gasteiger partial charge in [0.05, 0.1) is 23.3 Å². The second-order valence-electron chi connectivity index (χ2n) is 7.19. The van der Waals surface area contributed by atoms with E-state index < -0.39 is 0 Å². The predicted octanol–water partition coefficient (Wildman–Crippen LogP) is 3.82. The van der Waals surface area contributed by atoms with Crippen LogP contribution in [0.2, 0.25) is 0 Å². The first-order chi connectivity index (χ1) is 14.3. The van der Waals surface area contributed by atoms with Crippen molar-refractivity contribution in [1.29, 1.82) is 0 Å². The molecular weight excluding hydrogens is 420 g/mol. The highest BCUT2D eigenvalue weighted by Gasteiger charge is 2.34. The summed E-state index contributed by atoms with van der Waals surface area (Å²) in [5.41, 5.74) is 1.48. The van der Waals surface area contributed by atoms with Crippen molar-refractivity contribution >= 4 is 51.7 Å². The molecule has 30 heavy (non-hydrogen) atoms. The van der Waals surface area contributed by atoms with E-state index in [4.69, 9.17) is 16.6 Å². The van der Waals surface area contributed by atoms with Gasteiger partial charge in [-0.1, -0.05) is 30.0 Å². The van der Waals surface area contributed by atoms with Gasteiger partial charge in [0.1, 0.15) is 21.5 Å². The maximum Gasteiger partial charge on any atom is 0.267 e. The lowest BCUT2D eigenvalue weighted by atomic mass is 10.2. The average molecular weight is 441 g/mol. The number of carbonyl (C=O) groups excluding carboxylic acids is 1. The van der Waals surface area contributed by atoms with Gasteiger partial charge in [-0.25, -0.2) is 4.98 Å². The summed E-state index contributed by atoms with van der Waals surface area (Å²) in [6.07, 6.45) is 4.90. The van der Waals surface area contributed by atoms with Gasteiger partial charge in [-0.2, -0.15) is 0 Å². The maximum atomic E-state index is 13.3. The number of nitrogens with zero attached hydrogens (tertiary/aromatic N) is 3. The second-order valence-corrected chi connectivity index (χ2v) is 8.87. The van der Waals surface area contributed by atoms with Gasteiger partial charge in [0.15, 0.2) is 0 Å². The Balaban J connectivity index is 1.83. The number of nitrogens with one attached hydrogen (secondary N) is 1. The van der Waals surface area contributed by atoms with Gasteiger partial charge in [-0.3, -0.25) is 18.9 Å². The standard InChI is InChI=1S/C21H20N4O3S2/c1-12(2)25-20(27)16(30-21(25)29)9-15-18(22-10-14-5-4-8-28-14)23-17-7-6-13(3)11-24(17)19(15)26/h4-9,11-12,22H,10H2,1-3H3/b16-9-. The lowest BCUT2D eigenvalue weighted by Gasteiger charge is -2.18. The quantitative estimate of drug-likeness (QED) is 0.477. The Bertz CT molecular complexity index is 1230. The number of rotatable bonds is 5. The molecule has 0 saturated carbocycles. The average Bonchev–Trinajstić information content (AvgIpc) is 3.31. The molecule has 1 amide bonds. The van der Waals surface area contributed by atoms with E-state index in [1.807, 2.05) is 32.9 Å². The van der Waals surface area contributed by atoms with Crippen molar-refractivity contribution in [3.8, 4) is 0 Å². The van der Waals surface area contributed by atoms with Gasteiger partial charge < -0.3 is 9.73 Å². The van der Waals surface area contributed by atoms with Crippen LogP contribution in [0.5, 0.6) is 0 Å². The van der Waals surface area contributed by atoms with Crippen molar-refractivity contribution in [1.82, 2.24) is 14.3 Å². The van der Waals surface area contributed by atoms with Crippen LogP contribution < -0.4 is 10.9 Å². The molecule has 4 rings (SSSR count). The zero-order valence-corrected chi connectivity index (χ0v) is 18.3. The van der Waals surface area contributed by atoms with Crippen molar-refractivity contribution in [3.63, 3.8) is 0 Å². The predicted molar refractivity (Wildman–Crippen MR) is 122 cm³/mol. The van der Waals surface area contributed by atoms with Gasteiger partial charge in [0.2, 0.25) is 0 Å². The minimum Gasteiger partial charge on any atom is -0.467 e. The molecule has 0 unspecified atom stereocenters. The molecule has 1 fully saturated rings. The summed E-state index contributed by atoms with van der Waals surface area (Å²) in [5, 5.41) is 3.17. The molecule has 1 saturated heterocycles. The first-order valence-electron chi connectivity index (χ1n) is 9.41. The Morgan fingerprint density at radius 1 is 1.30 bits per heavy atom. The summed E-state index contributed by atoms with van der Waals surface area (Å²) in [4.78, 5) is 32.7. The lowest BCUT2D eigenvalue weighted by molar-refractivity contribution is -0.123. The van der Waals surface area contributed by atoms with Crippen LogP contribution in [0, 0.1) is 6.92 Å². The number of fused-ring (bicyclic) bond motifs is 1. The third-order valence-electron chi connectivity index (χ3n) is 4.63. The maximum absolute atomic E-state index is 13.3. The number of aryl methyl sites for hydroxylation is 1. The number of furan rings is 1. The Morgan fingerprint density at radius 2 is 2.10 bits per heavy atom. The summed E-state index contributed by atoms with van der Waals surface area (Å²) in [6, 6.07) is 7.25. The molecule has 1 aliphatic rings. The van der Waals surface area contributed by atoms with Gasteiger partial charge in [-0.15, -0.1) is 0 Å². The first-order valence-corrected chi connectivity index (χ1v) is 10.6. The van der Waals surface area contributed by atoms with Crippen LogP contribution in [0.15, 0.2) is 50.8 Å². The molecular formula is C21H20N4O3S2. The van der Waals surface area contributed by atoms with Gasteiger partial charge >= 0.3 is 0 Å². The summed E-state index contributed by atoms with van der Waals surface area (Å²) < 4.78 is 7.33. The molecule has 3 aromatic rings. The van der Waals surface area contributed by atoms with Gasteiger partial charge in [0.25, 0.3) is 11.5 Å². The molecule has 0 bridgehead atoms. The Kier molecular flexibility index (Phi) is 5.48. The van der Waals surface area contributed by atoms with Gasteiger partial charge in [-0.05, 0) is 50.6 Å². The van der Waals surface area contributed by atoms with E-state index in [2.05, 4.69) is 10.3 Å². The summed E-state index contributed by atoms with van der Waals surface area (Å²) >= 11 is 6.55. The number of thioether (sulfide) groups is 1. The smallest absolute Gasteiger partial charge is 0.267 e. The van der Waals surface area contributed by atoms with E-state index in [0.717, 1.165) is 5.56 Å². The number of thiocarbonyl (C=S) groups is 1. The normalized spacial score (nSPS) is 15.7. The molecule has 0 aromatic carbocycles. The van der Waals surface area contributed by atoms with Crippen molar-refractivity contribution in [3.05, 3.63) is 68.9 Å². The number of hydrogen-bond donors (Lipinski definition) is 1. The van der Waals surface area contributed by atoms with Crippen LogP contribution in [0.4, 0.5) is 5.82 Å².